The van der Waals surface area contributed by atoms with Gasteiger partial charge in [-0.25, -0.2) is 14.8 Å². The van der Waals surface area contributed by atoms with Gasteiger partial charge in [-0.05, 0) is 48.4 Å². The molecule has 14 heteroatoms. The molecule has 0 aliphatic carbocycles. The SMILES string of the molecule is BC(B)(B)N1CC(C(C)C)N(c2ccnc(N[C@@H](C)c3cn(-c4ccc(C(F)(F)F)cc4)cn3)n2)C1=O. The summed E-state index contributed by atoms with van der Waals surface area (Å²) >= 11 is 0. The molecule has 3 heterocycles. The van der Waals surface area contributed by atoms with E-state index in [4.69, 9.17) is 0 Å². The minimum atomic E-state index is -4.38. The van der Waals surface area contributed by atoms with Crippen molar-refractivity contribution in [1.82, 2.24) is 24.4 Å². The number of aromatic nitrogens is 4. The van der Waals surface area contributed by atoms with Gasteiger partial charge in [-0.1, -0.05) is 13.8 Å². The Morgan fingerprint density at radius 3 is 2.32 bits per heavy atom. The zero-order chi connectivity index (χ0) is 27.1. The van der Waals surface area contributed by atoms with E-state index in [1.54, 1.807) is 34.3 Å². The molecular formula is C23H29B3F3N7O. The van der Waals surface area contributed by atoms with Crippen molar-refractivity contribution < 1.29 is 18.0 Å². The standard InChI is InChI=1S/C23H29B3F3N7O/c1-13(2)18-11-35(23(24,25)26)21(37)36(18)19-8-9-30-20(33-19)32-14(3)17-10-34(12-31-17)16-6-4-15(5-7-16)22(27,28)29/h4-10,12-14,18H,11,24-26H2,1-3H3,(H,30,32,33)/t14-,18?/m0/s1. The van der Waals surface area contributed by atoms with Gasteiger partial charge in [0.05, 0.1) is 29.7 Å². The molecule has 192 valence electrons. The number of nitrogens with one attached hydrogen (secondary N) is 1. The van der Waals surface area contributed by atoms with Crippen molar-refractivity contribution in [1.29, 1.82) is 0 Å². The number of halogens is 3. The highest BCUT2D eigenvalue weighted by Crippen LogP contribution is 2.31. The molecule has 1 aliphatic heterocycles. The van der Waals surface area contributed by atoms with Crippen LogP contribution in [0.5, 0.6) is 0 Å². The monoisotopic (exact) mass is 509 g/mol. The second-order valence-corrected chi connectivity index (χ2v) is 10.6. The summed E-state index contributed by atoms with van der Waals surface area (Å²) in [4.78, 5) is 30.3. The Morgan fingerprint density at radius 1 is 1.05 bits per heavy atom. The van der Waals surface area contributed by atoms with Gasteiger partial charge in [-0.2, -0.15) is 18.2 Å². The number of alkyl halides is 3. The van der Waals surface area contributed by atoms with E-state index in [1.165, 1.54) is 12.1 Å². The highest BCUT2D eigenvalue weighted by molar-refractivity contribution is 6.59. The van der Waals surface area contributed by atoms with Crippen LogP contribution in [0, 0.1) is 5.92 Å². The molecule has 2 atom stereocenters. The number of urea groups is 1. The van der Waals surface area contributed by atoms with Crippen LogP contribution in [0.2, 0.25) is 0 Å². The summed E-state index contributed by atoms with van der Waals surface area (Å²) in [5, 5.41) is 2.91. The molecule has 1 fully saturated rings. The molecule has 1 aromatic carbocycles. The van der Waals surface area contributed by atoms with Crippen molar-refractivity contribution in [3.63, 3.8) is 0 Å². The molecule has 1 N–H and O–H groups in total. The van der Waals surface area contributed by atoms with Crippen molar-refractivity contribution in [3.8, 4) is 5.69 Å². The fourth-order valence-corrected chi connectivity index (χ4v) is 4.30. The second-order valence-electron chi connectivity index (χ2n) is 10.6. The van der Waals surface area contributed by atoms with Crippen molar-refractivity contribution in [2.45, 2.75) is 44.3 Å². The predicted molar refractivity (Wildman–Crippen MR) is 144 cm³/mol. The van der Waals surface area contributed by atoms with Crippen LogP contribution in [0.4, 0.5) is 29.7 Å². The Kier molecular flexibility index (Phi) is 7.05. The fraction of sp³-hybridized carbons (Fsp3) is 0.391. The van der Waals surface area contributed by atoms with E-state index in [2.05, 4.69) is 34.1 Å². The fourth-order valence-electron chi connectivity index (χ4n) is 4.30. The molecule has 3 aromatic rings. The number of rotatable bonds is 7. The lowest BCUT2D eigenvalue weighted by Crippen LogP contribution is -2.52. The minimum absolute atomic E-state index is 0.0219. The molecule has 0 saturated carbocycles. The number of benzene rings is 1. The maximum absolute atomic E-state index is 13.3. The molecule has 37 heavy (non-hydrogen) atoms. The summed E-state index contributed by atoms with van der Waals surface area (Å²) in [5.74, 6) is 1.10. The van der Waals surface area contributed by atoms with Crippen LogP contribution in [-0.4, -0.2) is 71.8 Å². The van der Waals surface area contributed by atoms with Crippen molar-refractivity contribution in [3.05, 3.63) is 60.3 Å². The first-order chi connectivity index (χ1) is 17.3. The molecule has 8 nitrogen and oxygen atoms in total. The van der Waals surface area contributed by atoms with Crippen LogP contribution in [-0.2, 0) is 6.18 Å². The lowest BCUT2D eigenvalue weighted by atomic mass is 9.48. The highest BCUT2D eigenvalue weighted by Gasteiger charge is 2.44. The molecule has 2 aromatic heterocycles. The molecule has 1 saturated heterocycles. The van der Waals surface area contributed by atoms with Crippen molar-refractivity contribution in [2.24, 2.45) is 5.92 Å². The molecule has 0 radical (unpaired) electrons. The summed E-state index contributed by atoms with van der Waals surface area (Å²) in [5.41, 5.74) is 0.517. The molecule has 2 amide bonds. The molecule has 1 unspecified atom stereocenters. The van der Waals surface area contributed by atoms with Crippen LogP contribution in [0.3, 0.4) is 0 Å². The quantitative estimate of drug-likeness (QED) is 0.491. The van der Waals surface area contributed by atoms with Crippen LogP contribution in [0.15, 0.2) is 49.1 Å². The predicted octanol–water partition coefficient (Wildman–Crippen LogP) is 1.63. The first kappa shape index (κ1) is 26.6. The average Bonchev–Trinajstić information content (AvgIpc) is 3.44. The number of hydrogen-bond donors (Lipinski definition) is 1. The van der Waals surface area contributed by atoms with Gasteiger partial charge in [-0.15, -0.1) is 0 Å². The van der Waals surface area contributed by atoms with Gasteiger partial charge in [0.15, 0.2) is 0 Å². The number of anilines is 2. The first-order valence-corrected chi connectivity index (χ1v) is 12.2. The lowest BCUT2D eigenvalue weighted by Gasteiger charge is -2.31. The third-order valence-corrected chi connectivity index (χ3v) is 6.49. The van der Waals surface area contributed by atoms with Gasteiger partial charge in [-0.3, -0.25) is 4.90 Å². The van der Waals surface area contributed by atoms with Gasteiger partial charge < -0.3 is 14.8 Å². The van der Waals surface area contributed by atoms with E-state index < -0.39 is 11.7 Å². The Bertz CT molecular complexity index is 1260. The van der Waals surface area contributed by atoms with E-state index in [1.807, 2.05) is 35.4 Å². The summed E-state index contributed by atoms with van der Waals surface area (Å²) < 4.78 is 40.2. The average molecular weight is 509 g/mol. The van der Waals surface area contributed by atoms with E-state index in [-0.39, 0.29) is 29.3 Å². The molecule has 4 rings (SSSR count). The summed E-state index contributed by atoms with van der Waals surface area (Å²) in [6.45, 7) is 6.68. The zero-order valence-electron chi connectivity index (χ0n) is 21.8. The Morgan fingerprint density at radius 2 is 1.73 bits per heavy atom. The van der Waals surface area contributed by atoms with E-state index >= 15 is 0 Å². The lowest BCUT2D eigenvalue weighted by molar-refractivity contribution is -0.137. The first-order valence-electron chi connectivity index (χ1n) is 12.2. The van der Waals surface area contributed by atoms with Crippen LogP contribution >= 0.6 is 0 Å². The van der Waals surface area contributed by atoms with E-state index in [0.29, 0.717) is 29.7 Å². The summed E-state index contributed by atoms with van der Waals surface area (Å²) in [7, 11) is 6.05. The van der Waals surface area contributed by atoms with Gasteiger partial charge in [0.25, 0.3) is 0 Å². The molecular weight excluding hydrogens is 480 g/mol. The second kappa shape index (κ2) is 9.79. The Hall–Kier alpha value is -3.44. The maximum Gasteiger partial charge on any atom is 0.416 e. The third-order valence-electron chi connectivity index (χ3n) is 6.49. The minimum Gasteiger partial charge on any atom is -0.346 e. The number of hydrogen-bond acceptors (Lipinski definition) is 5. The van der Waals surface area contributed by atoms with Gasteiger partial charge in [0, 0.05) is 24.6 Å². The third kappa shape index (κ3) is 5.62. The normalized spacial score (nSPS) is 17.5. The van der Waals surface area contributed by atoms with Crippen LogP contribution < -0.4 is 10.2 Å². The molecule has 0 spiro atoms. The summed E-state index contributed by atoms with van der Waals surface area (Å²) in [6, 6.07) is 6.21. The Labute approximate surface area is 216 Å². The summed E-state index contributed by atoms with van der Waals surface area (Å²) in [6.07, 6.45) is 0.517. The topological polar surface area (TPSA) is 79.2 Å². The van der Waals surface area contributed by atoms with Crippen LogP contribution in [0.25, 0.3) is 5.69 Å². The Balaban J connectivity index is 1.51. The molecule has 0 bridgehead atoms. The van der Waals surface area contributed by atoms with Gasteiger partial charge in [0.1, 0.15) is 29.4 Å². The number of nitrogens with zero attached hydrogens (tertiary/aromatic N) is 6. The number of carbonyl (C=O) groups is 1. The number of imidazole rings is 1. The number of amides is 2. The van der Waals surface area contributed by atoms with Crippen LogP contribution in [0.1, 0.15) is 38.1 Å². The smallest absolute Gasteiger partial charge is 0.346 e. The number of carbonyl (C=O) groups excluding carboxylic acids is 1. The van der Waals surface area contributed by atoms with Gasteiger partial charge in [0.2, 0.25) is 5.95 Å². The van der Waals surface area contributed by atoms with Crippen molar-refractivity contribution in [2.75, 3.05) is 16.8 Å². The van der Waals surface area contributed by atoms with Crippen molar-refractivity contribution >= 4 is 41.3 Å². The van der Waals surface area contributed by atoms with Gasteiger partial charge >= 0.3 is 12.2 Å². The zero-order valence-corrected chi connectivity index (χ0v) is 21.8. The molecule has 1 aliphatic rings. The van der Waals surface area contributed by atoms with E-state index in [0.717, 1.165) is 12.1 Å². The maximum atomic E-state index is 13.3. The largest absolute Gasteiger partial charge is 0.416 e. The highest BCUT2D eigenvalue weighted by atomic mass is 19.4. The van der Waals surface area contributed by atoms with E-state index in [9.17, 15) is 18.0 Å².